The standard InChI is InChI=1S/C25H21F3N6O4S/c1-39(37,38)13-20(35)31-22-21-18(33-34(22)19-7-4-14(11-29)12-30-19)10-24(32-23(21)36)8-2-3-15-9-16(25(26,27)28)5-6-17(15)24/h4-7,9,12H,2-3,8,10,13H2,1H3,(H,31,35)(H,32,36)/t24-/m0/s1. The SMILES string of the molecule is CS(=O)(=O)CC(=O)Nc1c2c(nn1-c1ccc(C#N)cn1)C[C@]1(CCCc3cc(C(F)(F)F)ccc31)NC2=O. The van der Waals surface area contributed by atoms with E-state index in [-0.39, 0.29) is 34.9 Å². The van der Waals surface area contributed by atoms with Crippen molar-refractivity contribution in [2.45, 2.75) is 37.4 Å². The summed E-state index contributed by atoms with van der Waals surface area (Å²) in [6.07, 6.45) is -0.828. The number of carbonyl (C=O) groups is 2. The average molecular weight is 559 g/mol. The first kappa shape index (κ1) is 26.4. The molecule has 2 aliphatic rings. The number of hydrogen-bond donors (Lipinski definition) is 2. The van der Waals surface area contributed by atoms with Crippen LogP contribution in [0.4, 0.5) is 19.0 Å². The van der Waals surface area contributed by atoms with E-state index in [0.717, 1.165) is 18.4 Å². The van der Waals surface area contributed by atoms with Crippen LogP contribution in [0.2, 0.25) is 0 Å². The average Bonchev–Trinajstić information content (AvgIpc) is 3.20. The minimum atomic E-state index is -4.51. The van der Waals surface area contributed by atoms with Crippen LogP contribution in [-0.4, -0.2) is 47.0 Å². The van der Waals surface area contributed by atoms with Crippen molar-refractivity contribution < 1.29 is 31.2 Å². The van der Waals surface area contributed by atoms with E-state index in [4.69, 9.17) is 5.26 Å². The number of halogens is 3. The van der Waals surface area contributed by atoms with Gasteiger partial charge in [0, 0.05) is 18.9 Å². The Hall–Kier alpha value is -4.25. The van der Waals surface area contributed by atoms with Crippen molar-refractivity contribution in [3.8, 4) is 11.9 Å². The Morgan fingerprint density at radius 1 is 1.28 bits per heavy atom. The fourth-order valence-electron chi connectivity index (χ4n) is 5.17. The monoisotopic (exact) mass is 558 g/mol. The zero-order chi connectivity index (χ0) is 28.2. The molecule has 0 fully saturated rings. The van der Waals surface area contributed by atoms with E-state index in [9.17, 15) is 31.2 Å². The Morgan fingerprint density at radius 2 is 2.05 bits per heavy atom. The Balaban J connectivity index is 1.61. The van der Waals surface area contributed by atoms with Gasteiger partial charge in [-0.3, -0.25) is 9.59 Å². The lowest BCUT2D eigenvalue weighted by Gasteiger charge is -2.42. The number of alkyl halides is 3. The van der Waals surface area contributed by atoms with E-state index in [1.807, 2.05) is 6.07 Å². The van der Waals surface area contributed by atoms with E-state index in [2.05, 4.69) is 20.7 Å². The predicted molar refractivity (Wildman–Crippen MR) is 132 cm³/mol. The molecule has 2 amide bonds. The van der Waals surface area contributed by atoms with Gasteiger partial charge < -0.3 is 10.6 Å². The van der Waals surface area contributed by atoms with Gasteiger partial charge in [0.25, 0.3) is 5.91 Å². The number of aryl methyl sites for hydroxylation is 1. The van der Waals surface area contributed by atoms with Crippen LogP contribution < -0.4 is 10.6 Å². The summed E-state index contributed by atoms with van der Waals surface area (Å²) in [4.78, 5) is 30.3. The van der Waals surface area contributed by atoms with Crippen molar-refractivity contribution in [1.82, 2.24) is 20.1 Å². The summed E-state index contributed by atoms with van der Waals surface area (Å²) in [5.74, 6) is -2.32. The molecular weight excluding hydrogens is 537 g/mol. The molecule has 39 heavy (non-hydrogen) atoms. The molecule has 0 unspecified atom stereocenters. The van der Waals surface area contributed by atoms with Gasteiger partial charge in [0.1, 0.15) is 17.4 Å². The molecule has 2 aromatic heterocycles. The first-order valence-electron chi connectivity index (χ1n) is 11.8. The molecule has 2 N–H and O–H groups in total. The molecule has 0 bridgehead atoms. The zero-order valence-electron chi connectivity index (χ0n) is 20.5. The number of sulfone groups is 1. The lowest BCUT2D eigenvalue weighted by Crippen LogP contribution is -2.53. The maximum Gasteiger partial charge on any atom is 0.416 e. The van der Waals surface area contributed by atoms with Crippen molar-refractivity contribution in [2.24, 2.45) is 0 Å². The van der Waals surface area contributed by atoms with Gasteiger partial charge in [-0.15, -0.1) is 0 Å². The van der Waals surface area contributed by atoms with Crippen LogP contribution in [-0.2, 0) is 39.2 Å². The highest BCUT2D eigenvalue weighted by Crippen LogP contribution is 2.44. The minimum absolute atomic E-state index is 0.00679. The quantitative estimate of drug-likeness (QED) is 0.500. The first-order valence-corrected chi connectivity index (χ1v) is 13.8. The van der Waals surface area contributed by atoms with E-state index in [1.54, 1.807) is 0 Å². The summed E-state index contributed by atoms with van der Waals surface area (Å²) >= 11 is 0. The number of pyridine rings is 1. The second kappa shape index (κ2) is 9.19. The fourth-order valence-corrected chi connectivity index (χ4v) is 5.72. The number of nitrogens with zero attached hydrogens (tertiary/aromatic N) is 4. The molecule has 1 atom stereocenters. The molecule has 0 radical (unpaired) electrons. The number of benzene rings is 1. The molecular formula is C25H21F3N6O4S. The summed E-state index contributed by atoms with van der Waals surface area (Å²) in [6, 6.07) is 8.32. The number of rotatable bonds is 4. The van der Waals surface area contributed by atoms with Crippen LogP contribution in [0, 0.1) is 11.3 Å². The Bertz CT molecular complexity index is 1660. The highest BCUT2D eigenvalue weighted by Gasteiger charge is 2.46. The van der Waals surface area contributed by atoms with Gasteiger partial charge in [-0.05, 0) is 54.7 Å². The molecule has 0 saturated carbocycles. The maximum absolute atomic E-state index is 13.6. The van der Waals surface area contributed by atoms with Crippen molar-refractivity contribution >= 4 is 27.5 Å². The van der Waals surface area contributed by atoms with Crippen LogP contribution in [0.25, 0.3) is 5.82 Å². The van der Waals surface area contributed by atoms with Gasteiger partial charge in [0.2, 0.25) is 5.91 Å². The van der Waals surface area contributed by atoms with Gasteiger partial charge in [-0.25, -0.2) is 13.4 Å². The second-order valence-corrected chi connectivity index (χ2v) is 11.8. The second-order valence-electron chi connectivity index (χ2n) is 9.65. The summed E-state index contributed by atoms with van der Waals surface area (Å²) in [6.45, 7) is 0. The Kier molecular flexibility index (Phi) is 6.21. The largest absolute Gasteiger partial charge is 0.416 e. The van der Waals surface area contributed by atoms with E-state index >= 15 is 0 Å². The van der Waals surface area contributed by atoms with E-state index in [1.165, 1.54) is 29.1 Å². The molecule has 0 saturated heterocycles. The number of anilines is 1. The predicted octanol–water partition coefficient (Wildman–Crippen LogP) is 2.66. The molecule has 5 rings (SSSR count). The minimum Gasteiger partial charge on any atom is -0.342 e. The van der Waals surface area contributed by atoms with Crippen LogP contribution in [0.15, 0.2) is 36.5 Å². The molecule has 1 aromatic carbocycles. The molecule has 1 spiro atoms. The van der Waals surface area contributed by atoms with Crippen LogP contribution >= 0.6 is 0 Å². The van der Waals surface area contributed by atoms with Crippen molar-refractivity contribution in [3.05, 3.63) is 70.0 Å². The van der Waals surface area contributed by atoms with Gasteiger partial charge in [0.15, 0.2) is 21.5 Å². The molecule has 3 aromatic rings. The van der Waals surface area contributed by atoms with E-state index in [0.29, 0.717) is 30.4 Å². The summed E-state index contributed by atoms with van der Waals surface area (Å²) in [5.41, 5.74) is -0.239. The number of nitriles is 1. The number of fused-ring (bicyclic) bond motifs is 3. The van der Waals surface area contributed by atoms with Crippen LogP contribution in [0.5, 0.6) is 0 Å². The third kappa shape index (κ3) is 4.97. The van der Waals surface area contributed by atoms with Gasteiger partial charge >= 0.3 is 6.18 Å². The number of aromatic nitrogens is 3. The van der Waals surface area contributed by atoms with Gasteiger partial charge in [-0.2, -0.15) is 28.2 Å². The summed E-state index contributed by atoms with van der Waals surface area (Å²) in [7, 11) is -3.69. The maximum atomic E-state index is 13.6. The summed E-state index contributed by atoms with van der Waals surface area (Å²) in [5, 5.41) is 19.0. The molecule has 14 heteroatoms. The topological polar surface area (TPSA) is 147 Å². The first-order chi connectivity index (χ1) is 18.3. The van der Waals surface area contributed by atoms with Gasteiger partial charge in [0.05, 0.1) is 22.4 Å². The van der Waals surface area contributed by atoms with Crippen molar-refractivity contribution in [3.63, 3.8) is 0 Å². The molecule has 3 heterocycles. The molecule has 1 aliphatic carbocycles. The molecule has 1 aliphatic heterocycles. The Labute approximate surface area is 220 Å². The molecule has 10 nitrogen and oxygen atoms in total. The normalized spacial score (nSPS) is 18.6. The number of hydrogen-bond acceptors (Lipinski definition) is 7. The lowest BCUT2D eigenvalue weighted by molar-refractivity contribution is -0.137. The van der Waals surface area contributed by atoms with E-state index < -0.39 is 44.7 Å². The third-order valence-electron chi connectivity index (χ3n) is 6.75. The van der Waals surface area contributed by atoms with Crippen molar-refractivity contribution in [1.29, 1.82) is 5.26 Å². The number of amides is 2. The van der Waals surface area contributed by atoms with Gasteiger partial charge in [-0.1, -0.05) is 6.07 Å². The highest BCUT2D eigenvalue weighted by molar-refractivity contribution is 7.91. The van der Waals surface area contributed by atoms with Crippen LogP contribution in [0.1, 0.15) is 51.1 Å². The lowest BCUT2D eigenvalue weighted by atomic mass is 9.71. The van der Waals surface area contributed by atoms with Crippen LogP contribution in [0.3, 0.4) is 0 Å². The number of carbonyl (C=O) groups excluding carboxylic acids is 2. The fraction of sp³-hybridized carbons (Fsp3) is 0.320. The highest BCUT2D eigenvalue weighted by atomic mass is 32.2. The summed E-state index contributed by atoms with van der Waals surface area (Å²) < 4.78 is 64.5. The zero-order valence-corrected chi connectivity index (χ0v) is 21.3. The molecule has 202 valence electrons. The smallest absolute Gasteiger partial charge is 0.342 e. The van der Waals surface area contributed by atoms with Crippen molar-refractivity contribution in [2.75, 3.05) is 17.3 Å². The number of nitrogens with one attached hydrogen (secondary N) is 2. The Morgan fingerprint density at radius 3 is 2.69 bits per heavy atom. The third-order valence-corrected chi connectivity index (χ3v) is 7.54.